The smallest absolute Gasteiger partial charge is 0.232 e. The number of halogens is 2. The zero-order chi connectivity index (χ0) is 11.4. The van der Waals surface area contributed by atoms with E-state index in [1.807, 2.05) is 6.07 Å². The second-order valence-electron chi connectivity index (χ2n) is 2.77. The molecule has 0 aliphatic heterocycles. The van der Waals surface area contributed by atoms with E-state index in [1.54, 1.807) is 12.1 Å². The van der Waals surface area contributed by atoms with E-state index in [0.29, 0.717) is 4.90 Å². The van der Waals surface area contributed by atoms with Gasteiger partial charge < -0.3 is 5.32 Å². The zero-order valence-electron chi connectivity index (χ0n) is 7.92. The summed E-state index contributed by atoms with van der Waals surface area (Å²) in [6.45, 7) is 0. The molecule has 0 heterocycles. The van der Waals surface area contributed by atoms with Crippen LogP contribution in [0.25, 0.3) is 0 Å². The number of carbonyl (C=O) groups excluding carboxylic acids is 1. The van der Waals surface area contributed by atoms with Crippen LogP contribution in [-0.4, -0.2) is 22.9 Å². The van der Waals surface area contributed by atoms with Crippen molar-refractivity contribution in [2.75, 3.05) is 12.8 Å². The maximum Gasteiger partial charge on any atom is 0.232 e. The van der Waals surface area contributed by atoms with E-state index in [1.165, 1.54) is 7.05 Å². The Balaban J connectivity index is 2.86. The Kier molecular flexibility index (Phi) is 4.95. The molecular weight excluding hydrogens is 346 g/mol. The Bertz CT molecular complexity index is 389. The van der Waals surface area contributed by atoms with Crippen LogP contribution >= 0.6 is 31.9 Å². The van der Waals surface area contributed by atoms with Crippen molar-refractivity contribution in [2.24, 2.45) is 0 Å². The van der Waals surface area contributed by atoms with Crippen LogP contribution in [0.5, 0.6) is 0 Å². The molecule has 0 aromatic heterocycles. The Morgan fingerprint density at radius 1 is 1.33 bits per heavy atom. The van der Waals surface area contributed by atoms with E-state index < -0.39 is 10.8 Å². The van der Waals surface area contributed by atoms with Gasteiger partial charge in [-0.1, -0.05) is 31.9 Å². The summed E-state index contributed by atoms with van der Waals surface area (Å²) < 4.78 is 13.4. The lowest BCUT2D eigenvalue weighted by molar-refractivity contribution is -0.118. The summed E-state index contributed by atoms with van der Waals surface area (Å²) in [6.07, 6.45) is 0. The van der Waals surface area contributed by atoms with E-state index in [2.05, 4.69) is 37.2 Å². The first-order valence-corrected chi connectivity index (χ1v) is 6.98. The number of carbonyl (C=O) groups is 1. The molecule has 6 heteroatoms. The van der Waals surface area contributed by atoms with Crippen molar-refractivity contribution in [1.29, 1.82) is 0 Å². The molecule has 1 amide bonds. The predicted octanol–water partition coefficient (Wildman–Crippen LogP) is 2.07. The van der Waals surface area contributed by atoms with Gasteiger partial charge in [0.15, 0.2) is 0 Å². The van der Waals surface area contributed by atoms with Gasteiger partial charge in [0, 0.05) is 20.9 Å². The average Bonchev–Trinajstić information content (AvgIpc) is 2.16. The van der Waals surface area contributed by atoms with Gasteiger partial charge in [0.2, 0.25) is 5.91 Å². The molecular formula is C9H9Br2NO2S. The van der Waals surface area contributed by atoms with Crippen molar-refractivity contribution in [2.45, 2.75) is 4.90 Å². The molecule has 0 saturated heterocycles. The first-order valence-electron chi connectivity index (χ1n) is 4.08. The number of hydrogen-bond acceptors (Lipinski definition) is 2. The van der Waals surface area contributed by atoms with Gasteiger partial charge in [-0.05, 0) is 18.2 Å². The number of amides is 1. The van der Waals surface area contributed by atoms with Crippen molar-refractivity contribution in [3.63, 3.8) is 0 Å². The quantitative estimate of drug-likeness (QED) is 0.903. The van der Waals surface area contributed by atoms with Gasteiger partial charge in [-0.3, -0.25) is 9.00 Å². The second kappa shape index (κ2) is 5.77. The van der Waals surface area contributed by atoms with E-state index in [-0.39, 0.29) is 11.7 Å². The second-order valence-corrected chi connectivity index (χ2v) is 6.05. The van der Waals surface area contributed by atoms with Crippen molar-refractivity contribution in [3.8, 4) is 0 Å². The number of nitrogens with one attached hydrogen (secondary N) is 1. The van der Waals surface area contributed by atoms with Crippen LogP contribution in [0, 0.1) is 0 Å². The highest BCUT2D eigenvalue weighted by molar-refractivity contribution is 9.11. The molecule has 15 heavy (non-hydrogen) atoms. The molecule has 1 atom stereocenters. The molecule has 0 saturated carbocycles. The summed E-state index contributed by atoms with van der Waals surface area (Å²) >= 11 is 6.60. The monoisotopic (exact) mass is 353 g/mol. The summed E-state index contributed by atoms with van der Waals surface area (Å²) in [7, 11) is 0.218. The van der Waals surface area contributed by atoms with Crippen molar-refractivity contribution in [3.05, 3.63) is 27.1 Å². The third-order valence-corrected chi connectivity index (χ3v) is 3.84. The van der Waals surface area contributed by atoms with E-state index >= 15 is 0 Å². The molecule has 1 rings (SSSR count). The topological polar surface area (TPSA) is 46.2 Å². The predicted molar refractivity (Wildman–Crippen MR) is 67.2 cm³/mol. The Morgan fingerprint density at radius 2 is 1.87 bits per heavy atom. The lowest BCUT2D eigenvalue weighted by atomic mass is 10.4. The van der Waals surface area contributed by atoms with Crippen LogP contribution in [0.2, 0.25) is 0 Å². The van der Waals surface area contributed by atoms with Crippen LogP contribution < -0.4 is 5.32 Å². The minimum atomic E-state index is -1.31. The van der Waals surface area contributed by atoms with Gasteiger partial charge in [0.05, 0.1) is 10.8 Å². The van der Waals surface area contributed by atoms with Crippen molar-refractivity contribution in [1.82, 2.24) is 5.32 Å². The SMILES string of the molecule is CNC(=O)CS(=O)c1cc(Br)cc(Br)c1. The van der Waals surface area contributed by atoms with Crippen molar-refractivity contribution >= 4 is 48.6 Å². The fourth-order valence-electron chi connectivity index (χ4n) is 0.935. The highest BCUT2D eigenvalue weighted by Gasteiger charge is 2.09. The van der Waals surface area contributed by atoms with Gasteiger partial charge in [-0.25, -0.2) is 0 Å². The van der Waals surface area contributed by atoms with Crippen LogP contribution in [-0.2, 0) is 15.6 Å². The standard InChI is InChI=1S/C9H9Br2NO2S/c1-12-9(13)5-15(14)8-3-6(10)2-7(11)4-8/h2-4H,5H2,1H3,(H,12,13). The first-order chi connectivity index (χ1) is 7.02. The van der Waals surface area contributed by atoms with Crippen LogP contribution in [0.1, 0.15) is 0 Å². The van der Waals surface area contributed by atoms with Gasteiger partial charge in [0.1, 0.15) is 5.75 Å². The minimum Gasteiger partial charge on any atom is -0.358 e. The largest absolute Gasteiger partial charge is 0.358 e. The molecule has 0 aliphatic rings. The number of benzene rings is 1. The molecule has 82 valence electrons. The first kappa shape index (κ1) is 12.9. The molecule has 0 bridgehead atoms. The lowest BCUT2D eigenvalue weighted by Gasteiger charge is -2.03. The van der Waals surface area contributed by atoms with E-state index in [9.17, 15) is 9.00 Å². The van der Waals surface area contributed by atoms with E-state index in [0.717, 1.165) is 8.95 Å². The van der Waals surface area contributed by atoms with Crippen LogP contribution in [0.4, 0.5) is 0 Å². The van der Waals surface area contributed by atoms with E-state index in [4.69, 9.17) is 0 Å². The summed E-state index contributed by atoms with van der Waals surface area (Å²) in [4.78, 5) is 11.7. The third-order valence-electron chi connectivity index (χ3n) is 1.64. The molecule has 3 nitrogen and oxygen atoms in total. The van der Waals surface area contributed by atoms with Gasteiger partial charge >= 0.3 is 0 Å². The molecule has 1 unspecified atom stereocenters. The van der Waals surface area contributed by atoms with Gasteiger partial charge in [-0.2, -0.15) is 0 Å². The Labute approximate surface area is 107 Å². The highest BCUT2D eigenvalue weighted by Crippen LogP contribution is 2.22. The average molecular weight is 355 g/mol. The minimum absolute atomic E-state index is 0.0145. The highest BCUT2D eigenvalue weighted by atomic mass is 79.9. The maximum absolute atomic E-state index is 11.7. The molecule has 0 aliphatic carbocycles. The zero-order valence-corrected chi connectivity index (χ0v) is 11.9. The summed E-state index contributed by atoms with van der Waals surface area (Å²) in [5.41, 5.74) is 0. The lowest BCUT2D eigenvalue weighted by Crippen LogP contribution is -2.24. The Hall–Kier alpha value is -0.200. The normalized spacial score (nSPS) is 12.2. The molecule has 1 aromatic carbocycles. The summed E-state index contributed by atoms with van der Waals surface area (Å²) in [5, 5.41) is 2.44. The summed E-state index contributed by atoms with van der Waals surface area (Å²) in [6, 6.07) is 5.33. The van der Waals surface area contributed by atoms with Crippen molar-refractivity contribution < 1.29 is 9.00 Å². The van der Waals surface area contributed by atoms with Gasteiger partial charge in [-0.15, -0.1) is 0 Å². The molecule has 0 fully saturated rings. The third kappa shape index (κ3) is 4.04. The Morgan fingerprint density at radius 3 is 2.33 bits per heavy atom. The number of hydrogen-bond donors (Lipinski definition) is 1. The molecule has 0 spiro atoms. The maximum atomic E-state index is 11.7. The fourth-order valence-corrected chi connectivity index (χ4v) is 3.60. The summed E-state index contributed by atoms with van der Waals surface area (Å²) in [5.74, 6) is -0.246. The molecule has 1 aromatic rings. The van der Waals surface area contributed by atoms with Gasteiger partial charge in [0.25, 0.3) is 0 Å². The van der Waals surface area contributed by atoms with Crippen LogP contribution in [0.3, 0.4) is 0 Å². The fraction of sp³-hybridized carbons (Fsp3) is 0.222. The molecule has 1 N–H and O–H groups in total. The molecule has 0 radical (unpaired) electrons. The van der Waals surface area contributed by atoms with Crippen LogP contribution in [0.15, 0.2) is 32.0 Å². The number of rotatable bonds is 3.